The standard InChI is InChI=1S/C25H29ClN2O3/c1-30-16-8-15-28(25(29)20-31-19-21-9-3-2-4-10-21)18-23-12-7-14-27(23)17-22-11-5-6-13-24(22)26/h2-7,9-14H,8,15-20H2,1H3. The number of methoxy groups -OCH3 is 1. The second kappa shape index (κ2) is 12.3. The van der Waals surface area contributed by atoms with Crippen molar-refractivity contribution in [3.8, 4) is 0 Å². The molecule has 1 amide bonds. The van der Waals surface area contributed by atoms with Gasteiger partial charge in [0.15, 0.2) is 0 Å². The van der Waals surface area contributed by atoms with Gasteiger partial charge in [-0.3, -0.25) is 4.79 Å². The Morgan fingerprint density at radius 2 is 1.81 bits per heavy atom. The van der Waals surface area contributed by atoms with Gasteiger partial charge in [-0.2, -0.15) is 0 Å². The predicted molar refractivity (Wildman–Crippen MR) is 123 cm³/mol. The fourth-order valence-corrected chi connectivity index (χ4v) is 3.56. The van der Waals surface area contributed by atoms with Crippen LogP contribution in [0.3, 0.4) is 0 Å². The Morgan fingerprint density at radius 1 is 1.03 bits per heavy atom. The first kappa shape index (κ1) is 23.1. The summed E-state index contributed by atoms with van der Waals surface area (Å²) in [6.45, 7) is 2.85. The first-order valence-electron chi connectivity index (χ1n) is 10.4. The van der Waals surface area contributed by atoms with Crippen LogP contribution in [-0.2, 0) is 34.0 Å². The van der Waals surface area contributed by atoms with E-state index < -0.39 is 0 Å². The summed E-state index contributed by atoms with van der Waals surface area (Å²) >= 11 is 6.33. The van der Waals surface area contributed by atoms with Gasteiger partial charge in [0, 0.05) is 43.7 Å². The normalized spacial score (nSPS) is 10.9. The molecule has 0 bridgehead atoms. The maximum atomic E-state index is 12.9. The van der Waals surface area contributed by atoms with Gasteiger partial charge < -0.3 is 18.9 Å². The SMILES string of the molecule is COCCCN(Cc1cccn1Cc1ccccc1Cl)C(=O)COCc1ccccc1. The molecule has 0 atom stereocenters. The molecule has 0 saturated heterocycles. The van der Waals surface area contributed by atoms with E-state index in [-0.39, 0.29) is 12.5 Å². The van der Waals surface area contributed by atoms with Crippen LogP contribution in [0.5, 0.6) is 0 Å². The van der Waals surface area contributed by atoms with Gasteiger partial charge >= 0.3 is 0 Å². The number of hydrogen-bond donors (Lipinski definition) is 0. The summed E-state index contributed by atoms with van der Waals surface area (Å²) in [6.07, 6.45) is 2.79. The Labute approximate surface area is 189 Å². The summed E-state index contributed by atoms with van der Waals surface area (Å²) in [7, 11) is 1.67. The molecule has 2 aromatic carbocycles. The van der Waals surface area contributed by atoms with Gasteiger partial charge in [-0.25, -0.2) is 0 Å². The van der Waals surface area contributed by atoms with Gasteiger partial charge in [0.2, 0.25) is 5.91 Å². The highest BCUT2D eigenvalue weighted by molar-refractivity contribution is 6.31. The Bertz CT molecular complexity index is 943. The smallest absolute Gasteiger partial charge is 0.248 e. The molecule has 3 aromatic rings. The van der Waals surface area contributed by atoms with Crippen molar-refractivity contribution in [2.45, 2.75) is 26.1 Å². The zero-order valence-corrected chi connectivity index (χ0v) is 18.6. The van der Waals surface area contributed by atoms with Gasteiger partial charge in [0.1, 0.15) is 6.61 Å². The lowest BCUT2D eigenvalue weighted by molar-refractivity contribution is -0.137. The minimum absolute atomic E-state index is 0.0301. The molecule has 5 nitrogen and oxygen atoms in total. The van der Waals surface area contributed by atoms with E-state index >= 15 is 0 Å². The Morgan fingerprint density at radius 3 is 2.58 bits per heavy atom. The summed E-state index contributed by atoms with van der Waals surface area (Å²) in [4.78, 5) is 14.7. The number of hydrogen-bond acceptors (Lipinski definition) is 3. The molecule has 0 saturated carbocycles. The van der Waals surface area contributed by atoms with Crippen LogP contribution in [0.25, 0.3) is 0 Å². The largest absolute Gasteiger partial charge is 0.385 e. The minimum Gasteiger partial charge on any atom is -0.385 e. The lowest BCUT2D eigenvalue weighted by Gasteiger charge is -2.24. The van der Waals surface area contributed by atoms with Crippen molar-refractivity contribution in [2.75, 3.05) is 26.9 Å². The summed E-state index contributed by atoms with van der Waals surface area (Å²) in [6, 6.07) is 21.7. The first-order chi connectivity index (χ1) is 15.2. The molecular formula is C25H29ClN2O3. The average Bonchev–Trinajstić information content (AvgIpc) is 3.22. The van der Waals surface area contributed by atoms with Crippen molar-refractivity contribution < 1.29 is 14.3 Å². The highest BCUT2D eigenvalue weighted by atomic mass is 35.5. The topological polar surface area (TPSA) is 43.7 Å². The summed E-state index contributed by atoms with van der Waals surface area (Å²) in [5.41, 5.74) is 3.15. The second-order valence-corrected chi connectivity index (χ2v) is 7.77. The maximum absolute atomic E-state index is 12.9. The maximum Gasteiger partial charge on any atom is 0.248 e. The lowest BCUT2D eigenvalue weighted by Crippen LogP contribution is -2.35. The fourth-order valence-electron chi connectivity index (χ4n) is 3.37. The van der Waals surface area contributed by atoms with Crippen molar-refractivity contribution in [2.24, 2.45) is 0 Å². The van der Waals surface area contributed by atoms with Crippen LogP contribution in [0.4, 0.5) is 0 Å². The number of rotatable bonds is 12. The molecule has 1 heterocycles. The average molecular weight is 441 g/mol. The molecule has 0 aliphatic carbocycles. The number of amides is 1. The van der Waals surface area contributed by atoms with Crippen molar-refractivity contribution >= 4 is 17.5 Å². The molecule has 1 aromatic heterocycles. The molecule has 0 aliphatic rings. The van der Waals surface area contributed by atoms with E-state index in [0.717, 1.165) is 28.3 Å². The van der Waals surface area contributed by atoms with Crippen LogP contribution in [0.2, 0.25) is 5.02 Å². The number of nitrogens with zero attached hydrogens (tertiary/aromatic N) is 2. The van der Waals surface area contributed by atoms with E-state index in [9.17, 15) is 4.79 Å². The van der Waals surface area contributed by atoms with E-state index in [0.29, 0.717) is 32.8 Å². The van der Waals surface area contributed by atoms with E-state index in [2.05, 4.69) is 4.57 Å². The highest BCUT2D eigenvalue weighted by Crippen LogP contribution is 2.18. The number of benzene rings is 2. The fraction of sp³-hybridized carbons (Fsp3) is 0.320. The van der Waals surface area contributed by atoms with E-state index in [4.69, 9.17) is 21.1 Å². The molecule has 31 heavy (non-hydrogen) atoms. The molecule has 0 unspecified atom stereocenters. The van der Waals surface area contributed by atoms with Crippen LogP contribution in [-0.4, -0.2) is 42.2 Å². The Balaban J connectivity index is 1.63. The quantitative estimate of drug-likeness (QED) is 0.381. The summed E-state index contributed by atoms with van der Waals surface area (Å²) in [5.74, 6) is -0.0301. The van der Waals surface area contributed by atoms with Gasteiger partial charge in [-0.15, -0.1) is 0 Å². The predicted octanol–water partition coefficient (Wildman–Crippen LogP) is 4.77. The minimum atomic E-state index is -0.0301. The molecule has 0 radical (unpaired) electrons. The molecule has 164 valence electrons. The zero-order chi connectivity index (χ0) is 21.9. The van der Waals surface area contributed by atoms with Crippen molar-refractivity contribution in [1.29, 1.82) is 0 Å². The number of halogens is 1. The van der Waals surface area contributed by atoms with Crippen LogP contribution in [0, 0.1) is 0 Å². The summed E-state index contributed by atoms with van der Waals surface area (Å²) in [5, 5.41) is 0.740. The number of aromatic nitrogens is 1. The van der Waals surface area contributed by atoms with Gasteiger partial charge in [0.25, 0.3) is 0 Å². The third kappa shape index (κ3) is 7.24. The highest BCUT2D eigenvalue weighted by Gasteiger charge is 2.16. The van der Waals surface area contributed by atoms with E-state index in [1.165, 1.54) is 0 Å². The number of ether oxygens (including phenoxy) is 2. The first-order valence-corrected chi connectivity index (χ1v) is 10.8. The molecule has 0 spiro atoms. The van der Waals surface area contributed by atoms with Crippen LogP contribution in [0.1, 0.15) is 23.2 Å². The molecule has 0 fully saturated rings. The second-order valence-electron chi connectivity index (χ2n) is 7.36. The molecule has 0 aliphatic heterocycles. The van der Waals surface area contributed by atoms with Crippen molar-refractivity contribution in [3.05, 3.63) is 94.8 Å². The third-order valence-corrected chi connectivity index (χ3v) is 5.41. The third-order valence-electron chi connectivity index (χ3n) is 5.04. The molecule has 6 heteroatoms. The molecular weight excluding hydrogens is 412 g/mol. The number of carbonyl (C=O) groups is 1. The monoisotopic (exact) mass is 440 g/mol. The van der Waals surface area contributed by atoms with E-state index in [1.54, 1.807) is 7.11 Å². The van der Waals surface area contributed by atoms with Crippen molar-refractivity contribution in [3.63, 3.8) is 0 Å². The van der Waals surface area contributed by atoms with Gasteiger partial charge in [-0.05, 0) is 35.7 Å². The lowest BCUT2D eigenvalue weighted by atomic mass is 10.2. The zero-order valence-electron chi connectivity index (χ0n) is 17.9. The van der Waals surface area contributed by atoms with Crippen LogP contribution in [0.15, 0.2) is 72.9 Å². The van der Waals surface area contributed by atoms with Crippen LogP contribution >= 0.6 is 11.6 Å². The molecule has 0 N–H and O–H groups in total. The van der Waals surface area contributed by atoms with E-state index in [1.807, 2.05) is 77.8 Å². The summed E-state index contributed by atoms with van der Waals surface area (Å²) < 4.78 is 13.0. The Kier molecular flexibility index (Phi) is 9.16. The van der Waals surface area contributed by atoms with Gasteiger partial charge in [0.05, 0.1) is 13.2 Å². The van der Waals surface area contributed by atoms with Gasteiger partial charge in [-0.1, -0.05) is 60.1 Å². The van der Waals surface area contributed by atoms with Crippen molar-refractivity contribution in [1.82, 2.24) is 9.47 Å². The Hall–Kier alpha value is -2.60. The molecule has 3 rings (SSSR count). The van der Waals surface area contributed by atoms with Crippen LogP contribution < -0.4 is 0 Å². The number of carbonyl (C=O) groups excluding carboxylic acids is 1.